The molecule has 2 rings (SSSR count). The van der Waals surface area contributed by atoms with Crippen LogP contribution in [0.25, 0.3) is 0 Å². The zero-order valence-corrected chi connectivity index (χ0v) is 18.5. The monoisotopic (exact) mass is 420 g/mol. The van der Waals surface area contributed by atoms with Crippen LogP contribution in [-0.4, -0.2) is 41.6 Å². The van der Waals surface area contributed by atoms with E-state index in [4.69, 9.17) is 9.47 Å². The molecule has 8 heteroatoms. The van der Waals surface area contributed by atoms with E-state index in [1.54, 1.807) is 24.3 Å². The van der Waals surface area contributed by atoms with Crippen molar-refractivity contribution in [3.8, 4) is 11.5 Å². The molecule has 0 aliphatic heterocycles. The third kappa shape index (κ3) is 4.82. The Hall–Kier alpha value is -2.74. The van der Waals surface area contributed by atoms with Gasteiger partial charge in [-0.2, -0.15) is 0 Å². The van der Waals surface area contributed by atoms with Crippen molar-refractivity contribution < 1.29 is 22.7 Å². The van der Waals surface area contributed by atoms with Crippen LogP contribution in [0.4, 0.5) is 5.69 Å². The first-order valence-electron chi connectivity index (χ1n) is 9.28. The van der Waals surface area contributed by atoms with Crippen molar-refractivity contribution in [3.05, 3.63) is 47.5 Å². The first-order chi connectivity index (χ1) is 13.6. The van der Waals surface area contributed by atoms with Gasteiger partial charge in [0.2, 0.25) is 0 Å². The van der Waals surface area contributed by atoms with Gasteiger partial charge < -0.3 is 14.8 Å². The quantitative estimate of drug-likeness (QED) is 0.708. The molecule has 158 valence electrons. The Kier molecular flexibility index (Phi) is 7.13. The maximum Gasteiger partial charge on any atom is 0.264 e. The van der Waals surface area contributed by atoms with Crippen LogP contribution in [-0.2, 0) is 10.0 Å². The lowest BCUT2D eigenvalue weighted by atomic mass is 10.1. The largest absolute Gasteiger partial charge is 0.493 e. The van der Waals surface area contributed by atoms with E-state index in [2.05, 4.69) is 5.32 Å². The fraction of sp³-hybridized carbons (Fsp3) is 0.381. The lowest BCUT2D eigenvalue weighted by Crippen LogP contribution is -2.34. The lowest BCUT2D eigenvalue weighted by molar-refractivity contribution is 0.0939. The number of hydrogen-bond donors (Lipinski definition) is 1. The number of rotatable bonds is 8. The zero-order chi connectivity index (χ0) is 21.8. The molecule has 0 bridgehead atoms. The number of anilines is 1. The highest BCUT2D eigenvalue weighted by molar-refractivity contribution is 7.92. The number of carbonyl (C=O) groups excluding carboxylic acids is 1. The van der Waals surface area contributed by atoms with Crippen molar-refractivity contribution >= 4 is 21.6 Å². The number of nitrogens with one attached hydrogen (secondary N) is 1. The molecule has 1 atom stereocenters. The van der Waals surface area contributed by atoms with E-state index in [-0.39, 0.29) is 28.1 Å². The highest BCUT2D eigenvalue weighted by atomic mass is 32.2. The molecule has 1 N–H and O–H groups in total. The molecule has 0 radical (unpaired) electrons. The van der Waals surface area contributed by atoms with Gasteiger partial charge in [-0.25, -0.2) is 8.42 Å². The number of carbonyl (C=O) groups is 1. The van der Waals surface area contributed by atoms with E-state index < -0.39 is 10.0 Å². The summed E-state index contributed by atoms with van der Waals surface area (Å²) in [5, 5.41) is 2.87. The van der Waals surface area contributed by atoms with Crippen molar-refractivity contribution in [3.63, 3.8) is 0 Å². The average Bonchev–Trinajstić information content (AvgIpc) is 2.72. The van der Waals surface area contributed by atoms with Gasteiger partial charge in [0.25, 0.3) is 15.9 Å². The van der Waals surface area contributed by atoms with Crippen molar-refractivity contribution in [2.75, 3.05) is 25.6 Å². The molecule has 0 heterocycles. The average molecular weight is 421 g/mol. The maximum absolute atomic E-state index is 13.2. The minimum Gasteiger partial charge on any atom is -0.493 e. The smallest absolute Gasteiger partial charge is 0.264 e. The Morgan fingerprint density at radius 1 is 1.10 bits per heavy atom. The van der Waals surface area contributed by atoms with Gasteiger partial charge in [0.15, 0.2) is 11.5 Å². The summed E-state index contributed by atoms with van der Waals surface area (Å²) < 4.78 is 38.1. The van der Waals surface area contributed by atoms with E-state index in [9.17, 15) is 13.2 Å². The Morgan fingerprint density at radius 3 is 2.17 bits per heavy atom. The Balaban J connectivity index is 2.61. The number of hydrogen-bond acceptors (Lipinski definition) is 5. The minimum atomic E-state index is -3.89. The van der Waals surface area contributed by atoms with Crippen LogP contribution in [0.15, 0.2) is 41.3 Å². The number of sulfonamides is 1. The van der Waals surface area contributed by atoms with Crippen LogP contribution >= 0.6 is 0 Å². The van der Waals surface area contributed by atoms with Gasteiger partial charge in [-0.3, -0.25) is 9.10 Å². The third-order valence-electron chi connectivity index (χ3n) is 4.75. The summed E-state index contributed by atoms with van der Waals surface area (Å²) in [4.78, 5) is 13.0. The molecule has 0 aromatic heterocycles. The topological polar surface area (TPSA) is 84.9 Å². The molecule has 0 saturated carbocycles. The lowest BCUT2D eigenvalue weighted by Gasteiger charge is -2.24. The van der Waals surface area contributed by atoms with Gasteiger partial charge in [-0.1, -0.05) is 24.6 Å². The van der Waals surface area contributed by atoms with Crippen LogP contribution in [0.3, 0.4) is 0 Å². The van der Waals surface area contributed by atoms with E-state index in [0.29, 0.717) is 11.5 Å². The molecule has 29 heavy (non-hydrogen) atoms. The summed E-state index contributed by atoms with van der Waals surface area (Å²) in [5.74, 6) is 0.279. The first kappa shape index (κ1) is 22.5. The van der Waals surface area contributed by atoms with Crippen molar-refractivity contribution in [2.45, 2.75) is 38.1 Å². The van der Waals surface area contributed by atoms with E-state index in [0.717, 1.165) is 16.3 Å². The van der Waals surface area contributed by atoms with E-state index >= 15 is 0 Å². The summed E-state index contributed by atoms with van der Waals surface area (Å²) in [5.41, 5.74) is 1.33. The normalized spacial score (nSPS) is 12.2. The standard InChI is InChI=1S/C21H28N2O5S/c1-7-15(3)22-21(24)17-12-19(27-5)20(28-6)13-18(17)23(4)29(25,26)16-10-8-14(2)9-11-16/h8-13,15H,7H2,1-6H3,(H,22,24)/t15-/m0/s1. The van der Waals surface area contributed by atoms with Crippen LogP contribution in [0.1, 0.15) is 36.2 Å². The van der Waals surface area contributed by atoms with E-state index in [1.165, 1.54) is 33.4 Å². The molecule has 7 nitrogen and oxygen atoms in total. The van der Waals surface area contributed by atoms with Gasteiger partial charge in [0.05, 0.1) is 30.4 Å². The molecule has 0 aliphatic rings. The number of ether oxygens (including phenoxy) is 2. The Bertz CT molecular complexity index is 971. The molecular weight excluding hydrogens is 392 g/mol. The second-order valence-corrected chi connectivity index (χ2v) is 8.76. The zero-order valence-electron chi connectivity index (χ0n) is 17.6. The number of amides is 1. The highest BCUT2D eigenvalue weighted by Crippen LogP contribution is 2.36. The van der Waals surface area contributed by atoms with Gasteiger partial charge in [0.1, 0.15) is 0 Å². The fourth-order valence-electron chi connectivity index (χ4n) is 2.71. The maximum atomic E-state index is 13.2. The van der Waals surface area contributed by atoms with E-state index in [1.807, 2.05) is 20.8 Å². The molecule has 2 aromatic rings. The predicted molar refractivity (Wildman–Crippen MR) is 114 cm³/mol. The number of nitrogens with zero attached hydrogens (tertiary/aromatic N) is 1. The molecular formula is C21H28N2O5S. The summed E-state index contributed by atoms with van der Waals surface area (Å²) in [6, 6.07) is 9.46. The first-order valence-corrected chi connectivity index (χ1v) is 10.7. The van der Waals surface area contributed by atoms with Gasteiger partial charge in [-0.15, -0.1) is 0 Å². The molecule has 0 aliphatic carbocycles. The Labute approximate surface area is 172 Å². The third-order valence-corrected chi connectivity index (χ3v) is 6.54. The van der Waals surface area contributed by atoms with Crippen LogP contribution in [0.2, 0.25) is 0 Å². The van der Waals surface area contributed by atoms with Gasteiger partial charge in [-0.05, 0) is 38.5 Å². The number of methoxy groups -OCH3 is 2. The molecule has 0 unspecified atom stereocenters. The predicted octanol–water partition coefficient (Wildman–Crippen LogP) is 3.37. The Morgan fingerprint density at radius 2 is 1.66 bits per heavy atom. The fourth-order valence-corrected chi connectivity index (χ4v) is 3.92. The van der Waals surface area contributed by atoms with Crippen molar-refractivity contribution in [2.24, 2.45) is 0 Å². The van der Waals surface area contributed by atoms with Crippen molar-refractivity contribution in [1.82, 2.24) is 5.32 Å². The molecule has 0 fully saturated rings. The van der Waals surface area contributed by atoms with Crippen LogP contribution < -0.4 is 19.1 Å². The van der Waals surface area contributed by atoms with Crippen LogP contribution in [0, 0.1) is 6.92 Å². The number of benzene rings is 2. The SMILES string of the molecule is CC[C@H](C)NC(=O)c1cc(OC)c(OC)cc1N(C)S(=O)(=O)c1ccc(C)cc1. The second-order valence-electron chi connectivity index (χ2n) is 6.79. The minimum absolute atomic E-state index is 0.0672. The van der Waals surface area contributed by atoms with Crippen molar-refractivity contribution in [1.29, 1.82) is 0 Å². The molecule has 1 amide bonds. The summed E-state index contributed by atoms with van der Waals surface area (Å²) in [6.45, 7) is 5.71. The summed E-state index contributed by atoms with van der Waals surface area (Å²) in [7, 11) is 0.439. The highest BCUT2D eigenvalue weighted by Gasteiger charge is 2.27. The van der Waals surface area contributed by atoms with Crippen LogP contribution in [0.5, 0.6) is 11.5 Å². The molecule has 2 aromatic carbocycles. The number of aryl methyl sites for hydroxylation is 1. The van der Waals surface area contributed by atoms with Gasteiger partial charge >= 0.3 is 0 Å². The second kappa shape index (κ2) is 9.17. The van der Waals surface area contributed by atoms with Gasteiger partial charge in [0, 0.05) is 19.2 Å². The molecule has 0 spiro atoms. The summed E-state index contributed by atoms with van der Waals surface area (Å²) in [6.07, 6.45) is 0.742. The molecule has 0 saturated heterocycles. The summed E-state index contributed by atoms with van der Waals surface area (Å²) >= 11 is 0.